The van der Waals surface area contributed by atoms with E-state index in [1.165, 1.54) is 13.3 Å². The van der Waals surface area contributed by atoms with Gasteiger partial charge in [-0.1, -0.05) is 12.1 Å². The topological polar surface area (TPSA) is 89.0 Å². The summed E-state index contributed by atoms with van der Waals surface area (Å²) in [5.41, 5.74) is 3.65. The van der Waals surface area contributed by atoms with Crippen LogP contribution in [-0.4, -0.2) is 38.8 Å². The molecule has 0 saturated heterocycles. The van der Waals surface area contributed by atoms with Crippen LogP contribution in [0.4, 0.5) is 0 Å². The molecule has 0 aromatic heterocycles. The van der Waals surface area contributed by atoms with Crippen molar-refractivity contribution in [3.63, 3.8) is 0 Å². The number of hydrogen-bond donors (Lipinski definition) is 2. The third-order valence-electron chi connectivity index (χ3n) is 3.61. The Kier molecular flexibility index (Phi) is 8.46. The molecule has 0 aliphatic carbocycles. The second-order valence-electron chi connectivity index (χ2n) is 5.52. The van der Waals surface area contributed by atoms with E-state index in [0.717, 1.165) is 0 Å². The van der Waals surface area contributed by atoms with E-state index in [2.05, 4.69) is 47.7 Å². The summed E-state index contributed by atoms with van der Waals surface area (Å²) in [6.45, 7) is 0.198. The molecule has 2 N–H and O–H groups in total. The number of methoxy groups -OCH3 is 2. The highest BCUT2D eigenvalue weighted by Crippen LogP contribution is 2.35. The molecule has 0 unspecified atom stereocenters. The maximum absolute atomic E-state index is 12.1. The highest BCUT2D eigenvalue weighted by molar-refractivity contribution is 9.10. The minimum atomic E-state index is -0.316. The highest BCUT2D eigenvalue weighted by Gasteiger charge is 2.10. The van der Waals surface area contributed by atoms with Crippen molar-refractivity contribution in [1.82, 2.24) is 10.7 Å². The maximum Gasteiger partial charge on any atom is 0.252 e. The molecule has 28 heavy (non-hydrogen) atoms. The molecule has 0 atom stereocenters. The van der Waals surface area contributed by atoms with Crippen LogP contribution in [0.1, 0.15) is 22.3 Å². The summed E-state index contributed by atoms with van der Waals surface area (Å²) < 4.78 is 11.9. The Hall–Kier alpha value is -2.39. The molecular weight excluding hydrogens is 494 g/mol. The fourth-order valence-electron chi connectivity index (χ4n) is 2.28. The first-order chi connectivity index (χ1) is 13.5. The van der Waals surface area contributed by atoms with Crippen molar-refractivity contribution in [3.05, 3.63) is 56.5 Å². The van der Waals surface area contributed by atoms with E-state index in [9.17, 15) is 9.59 Å². The second-order valence-corrected chi connectivity index (χ2v) is 7.23. The van der Waals surface area contributed by atoms with Crippen LogP contribution in [0, 0.1) is 0 Å². The first kappa shape index (κ1) is 21.9. The second kappa shape index (κ2) is 10.8. The van der Waals surface area contributed by atoms with Crippen molar-refractivity contribution < 1.29 is 19.1 Å². The Bertz CT molecular complexity index is 887. The lowest BCUT2D eigenvalue weighted by atomic mass is 10.2. The number of rotatable bonds is 8. The van der Waals surface area contributed by atoms with E-state index in [1.54, 1.807) is 37.4 Å². The summed E-state index contributed by atoms with van der Waals surface area (Å²) in [4.78, 5) is 23.9. The number of carbonyl (C=O) groups excluding carboxylic acids is 2. The molecule has 7 nitrogen and oxygen atoms in total. The van der Waals surface area contributed by atoms with Gasteiger partial charge < -0.3 is 14.8 Å². The molecule has 0 bridgehead atoms. The molecule has 0 aliphatic rings. The highest BCUT2D eigenvalue weighted by atomic mass is 79.9. The molecule has 9 heteroatoms. The van der Waals surface area contributed by atoms with Gasteiger partial charge in [-0.3, -0.25) is 9.59 Å². The Labute approximate surface area is 179 Å². The van der Waals surface area contributed by atoms with Gasteiger partial charge in [-0.05, 0) is 61.7 Å². The Morgan fingerprint density at radius 3 is 2.54 bits per heavy atom. The third-order valence-corrected chi connectivity index (χ3v) is 4.90. The number of halogens is 2. The number of carbonyl (C=O) groups is 2. The Balaban J connectivity index is 1.83. The Morgan fingerprint density at radius 1 is 1.11 bits per heavy atom. The zero-order valence-corrected chi connectivity index (χ0v) is 18.5. The fourth-order valence-corrected chi connectivity index (χ4v) is 3.36. The molecule has 0 fully saturated rings. The largest absolute Gasteiger partial charge is 0.493 e. The minimum Gasteiger partial charge on any atom is -0.493 e. The third kappa shape index (κ3) is 6.07. The number of hydrogen-bond acceptors (Lipinski definition) is 5. The molecular formula is C19H19Br2N3O4. The lowest BCUT2D eigenvalue weighted by molar-refractivity contribution is -0.120. The van der Waals surface area contributed by atoms with Gasteiger partial charge >= 0.3 is 0 Å². The number of nitrogens with one attached hydrogen (secondary N) is 2. The molecule has 2 aromatic carbocycles. The molecule has 0 saturated carbocycles. The van der Waals surface area contributed by atoms with Gasteiger partial charge in [0.15, 0.2) is 11.5 Å². The van der Waals surface area contributed by atoms with Gasteiger partial charge in [-0.25, -0.2) is 5.43 Å². The van der Waals surface area contributed by atoms with E-state index in [4.69, 9.17) is 9.47 Å². The number of nitrogens with zero attached hydrogens (tertiary/aromatic N) is 1. The quantitative estimate of drug-likeness (QED) is 0.418. The molecule has 148 valence electrons. The van der Waals surface area contributed by atoms with Gasteiger partial charge in [0, 0.05) is 17.4 Å². The normalized spacial score (nSPS) is 10.6. The first-order valence-corrected chi connectivity index (χ1v) is 9.81. The summed E-state index contributed by atoms with van der Waals surface area (Å²) in [6, 6.07) is 10.6. The lowest BCUT2D eigenvalue weighted by Crippen LogP contribution is -2.29. The number of benzene rings is 2. The van der Waals surface area contributed by atoms with Crippen LogP contribution in [0.15, 0.2) is 50.4 Å². The number of ether oxygens (including phenoxy) is 2. The van der Waals surface area contributed by atoms with Crippen molar-refractivity contribution in [2.24, 2.45) is 5.10 Å². The lowest BCUT2D eigenvalue weighted by Gasteiger charge is -2.10. The van der Waals surface area contributed by atoms with E-state index < -0.39 is 0 Å². The summed E-state index contributed by atoms with van der Waals surface area (Å²) in [5, 5.41) is 6.62. The van der Waals surface area contributed by atoms with E-state index in [-0.39, 0.29) is 24.8 Å². The summed E-state index contributed by atoms with van der Waals surface area (Å²) in [7, 11) is 3.08. The summed E-state index contributed by atoms with van der Waals surface area (Å²) in [6.07, 6.45) is 1.59. The van der Waals surface area contributed by atoms with Gasteiger partial charge in [0.1, 0.15) is 0 Å². The minimum absolute atomic E-state index is 0.100. The molecule has 0 aliphatic heterocycles. The van der Waals surface area contributed by atoms with E-state index in [0.29, 0.717) is 31.6 Å². The van der Waals surface area contributed by atoms with Crippen LogP contribution in [0.5, 0.6) is 11.5 Å². The van der Waals surface area contributed by atoms with Crippen LogP contribution in [0.3, 0.4) is 0 Å². The van der Waals surface area contributed by atoms with E-state index >= 15 is 0 Å². The van der Waals surface area contributed by atoms with Crippen molar-refractivity contribution in [3.8, 4) is 11.5 Å². The smallest absolute Gasteiger partial charge is 0.252 e. The van der Waals surface area contributed by atoms with Gasteiger partial charge in [0.2, 0.25) is 5.91 Å². The van der Waals surface area contributed by atoms with E-state index in [1.807, 2.05) is 6.07 Å². The van der Waals surface area contributed by atoms with Gasteiger partial charge in [-0.15, -0.1) is 0 Å². The molecule has 2 aromatic rings. The maximum atomic E-state index is 12.1. The van der Waals surface area contributed by atoms with Crippen molar-refractivity contribution >= 4 is 49.9 Å². The van der Waals surface area contributed by atoms with Crippen LogP contribution in [0.2, 0.25) is 0 Å². The zero-order chi connectivity index (χ0) is 20.5. The van der Waals surface area contributed by atoms with Crippen LogP contribution in [0.25, 0.3) is 0 Å². The molecule has 0 radical (unpaired) electrons. The van der Waals surface area contributed by atoms with Crippen LogP contribution in [-0.2, 0) is 4.79 Å². The van der Waals surface area contributed by atoms with Crippen LogP contribution >= 0.6 is 31.9 Å². The van der Waals surface area contributed by atoms with Gasteiger partial charge in [0.25, 0.3) is 5.91 Å². The molecule has 2 amide bonds. The fraction of sp³-hybridized carbons (Fsp3) is 0.211. The SMILES string of the molecule is COc1cc(C=NNC(=O)CCNC(=O)c2ccccc2Br)cc(Br)c1OC. The van der Waals surface area contributed by atoms with Crippen LogP contribution < -0.4 is 20.2 Å². The summed E-state index contributed by atoms with van der Waals surface area (Å²) >= 11 is 6.71. The van der Waals surface area contributed by atoms with Gasteiger partial charge in [-0.2, -0.15) is 5.10 Å². The number of hydrazone groups is 1. The first-order valence-electron chi connectivity index (χ1n) is 8.22. The summed E-state index contributed by atoms with van der Waals surface area (Å²) in [5.74, 6) is 0.547. The predicted molar refractivity (Wildman–Crippen MR) is 114 cm³/mol. The average molecular weight is 513 g/mol. The Morgan fingerprint density at radius 2 is 1.86 bits per heavy atom. The molecule has 0 heterocycles. The monoisotopic (exact) mass is 511 g/mol. The van der Waals surface area contributed by atoms with Crippen molar-refractivity contribution in [1.29, 1.82) is 0 Å². The standard InChI is InChI=1S/C19H19Br2N3O4/c1-27-16-10-12(9-15(21)18(16)28-2)11-23-24-17(25)7-8-22-19(26)13-5-3-4-6-14(13)20/h3-6,9-11H,7-8H2,1-2H3,(H,22,26)(H,24,25). The molecule has 0 spiro atoms. The zero-order valence-electron chi connectivity index (χ0n) is 15.3. The van der Waals surface area contributed by atoms with Crippen molar-refractivity contribution in [2.75, 3.05) is 20.8 Å². The van der Waals surface area contributed by atoms with Gasteiger partial charge in [0.05, 0.1) is 30.5 Å². The predicted octanol–water partition coefficient (Wildman–Crippen LogP) is 3.50. The number of amides is 2. The average Bonchev–Trinajstić information content (AvgIpc) is 2.67. The van der Waals surface area contributed by atoms with Crippen molar-refractivity contribution in [2.45, 2.75) is 6.42 Å². The molecule has 2 rings (SSSR count).